The molecule has 3 rings (SSSR count). The third-order valence-electron chi connectivity index (χ3n) is 6.77. The van der Waals surface area contributed by atoms with E-state index >= 15 is 0 Å². The van der Waals surface area contributed by atoms with Crippen LogP contribution < -0.4 is 25.5 Å². The zero-order valence-electron chi connectivity index (χ0n) is 26.8. The summed E-state index contributed by atoms with van der Waals surface area (Å²) in [5.74, 6) is -0.136. The van der Waals surface area contributed by atoms with Crippen LogP contribution in [0.25, 0.3) is 0 Å². The van der Waals surface area contributed by atoms with E-state index in [1.54, 1.807) is 12.1 Å². The molecule has 0 bridgehead atoms. The molecule has 4 atom stereocenters. The number of aliphatic hydroxyl groups is 1. The quantitative estimate of drug-likeness (QED) is 0.120. The van der Waals surface area contributed by atoms with E-state index in [1.807, 2.05) is 6.07 Å². The normalized spacial score (nSPS) is 18.4. The van der Waals surface area contributed by atoms with E-state index in [-0.39, 0.29) is 64.3 Å². The summed E-state index contributed by atoms with van der Waals surface area (Å²) < 4.78 is 49.9. The number of aryl methyl sites for hydroxylation is 1. The molecule has 0 spiro atoms. The molecule has 0 aliphatic carbocycles. The second-order valence-corrected chi connectivity index (χ2v) is 13.2. The first-order valence-corrected chi connectivity index (χ1v) is 17.2. The summed E-state index contributed by atoms with van der Waals surface area (Å²) in [5.41, 5.74) is -0.352. The average Bonchev–Trinajstić information content (AvgIpc) is 3.44. The van der Waals surface area contributed by atoms with E-state index in [1.165, 1.54) is 39.0 Å². The van der Waals surface area contributed by atoms with E-state index in [9.17, 15) is 24.3 Å². The van der Waals surface area contributed by atoms with Crippen molar-refractivity contribution in [3.63, 3.8) is 0 Å². The molecule has 1 aliphatic heterocycles. The van der Waals surface area contributed by atoms with Crippen molar-refractivity contribution < 1.29 is 56.7 Å². The van der Waals surface area contributed by atoms with Gasteiger partial charge in [-0.3, -0.25) is 23.9 Å². The minimum Gasteiger partial charge on any atom is -0.493 e. The van der Waals surface area contributed by atoms with Crippen LogP contribution >= 0.6 is 6.72 Å². The highest BCUT2D eigenvalue weighted by atomic mass is 32.5. The van der Waals surface area contributed by atoms with Crippen molar-refractivity contribution in [3.05, 3.63) is 50.3 Å². The molecule has 1 fully saturated rings. The molecule has 19 heteroatoms. The smallest absolute Gasteiger partial charge is 0.330 e. The van der Waals surface area contributed by atoms with Gasteiger partial charge in [-0.15, -0.1) is 0 Å². The topological polar surface area (TPSA) is 216 Å². The van der Waals surface area contributed by atoms with Gasteiger partial charge < -0.3 is 47.1 Å². The van der Waals surface area contributed by atoms with Crippen molar-refractivity contribution in [3.8, 4) is 23.3 Å². The fraction of sp³-hybridized carbons (Fsp3) is 0.552. The highest BCUT2D eigenvalue weighted by molar-refractivity contribution is 8.07. The highest BCUT2D eigenvalue weighted by Crippen LogP contribution is 2.50. The van der Waals surface area contributed by atoms with Crippen molar-refractivity contribution in [2.75, 3.05) is 47.8 Å². The number of ether oxygens (including phenoxy) is 6. The van der Waals surface area contributed by atoms with Gasteiger partial charge in [0.15, 0.2) is 11.5 Å². The van der Waals surface area contributed by atoms with Gasteiger partial charge in [0.1, 0.15) is 25.5 Å². The number of nitriles is 1. The molecule has 2 unspecified atom stereocenters. The second kappa shape index (κ2) is 18.7. The van der Waals surface area contributed by atoms with Gasteiger partial charge in [-0.05, 0) is 36.4 Å². The van der Waals surface area contributed by atoms with Crippen molar-refractivity contribution >= 4 is 30.5 Å². The van der Waals surface area contributed by atoms with Crippen LogP contribution in [0.2, 0.25) is 0 Å². The molecule has 17 nitrogen and oxygen atoms in total. The van der Waals surface area contributed by atoms with E-state index < -0.39 is 48.3 Å². The fourth-order valence-electron chi connectivity index (χ4n) is 4.35. The number of nitrogens with one attached hydrogen (secondary N) is 1. The minimum absolute atomic E-state index is 0.00510. The number of H-pyrrole nitrogens is 1. The van der Waals surface area contributed by atoms with Crippen LogP contribution in [-0.2, 0) is 55.8 Å². The molecule has 1 aromatic carbocycles. The van der Waals surface area contributed by atoms with Gasteiger partial charge in [-0.25, -0.2) is 4.79 Å². The van der Waals surface area contributed by atoms with Gasteiger partial charge >= 0.3 is 24.3 Å². The number of nitrogens with zero attached hydrogens (tertiary/aromatic N) is 2. The standard InChI is InChI=1S/C29H38N3O14PS/c1-18-15-32(29(37)31-28(18)36)24-14-20(33)23(46-24)17-45-47(48,43-9-5-8-30)44-11-10-41-25(34)6-7-26(35)42-16-19-12-21(38-2)27(40-4)22(13-19)39-3/h12-13,15,20,23-24,33H,5-7,9-11,14,16-17H2,1-4H3,(H,31,36,37)/t20-,23?,24-,47?/m1/s1. The molecular formula is C29H38N3O14PS. The number of rotatable bonds is 19. The van der Waals surface area contributed by atoms with E-state index in [4.69, 9.17) is 59.1 Å². The third-order valence-corrected chi connectivity index (χ3v) is 9.19. The first-order valence-electron chi connectivity index (χ1n) is 14.6. The SMILES string of the molecule is COc1cc(COC(=O)CCC(=O)OCCOP(=S)(OCCC#N)OCC2O[C@@H](n3cc(C)c(=O)[nH]c3=O)C[C@H]2O)cc(OC)c1OC. The Morgan fingerprint density at radius 2 is 1.69 bits per heavy atom. The molecule has 0 radical (unpaired) electrons. The van der Waals surface area contributed by atoms with Crippen LogP contribution in [0.5, 0.6) is 17.2 Å². The zero-order valence-corrected chi connectivity index (χ0v) is 28.5. The van der Waals surface area contributed by atoms with Gasteiger partial charge in [0.05, 0.1) is 72.6 Å². The zero-order chi connectivity index (χ0) is 35.3. The minimum atomic E-state index is -3.51. The van der Waals surface area contributed by atoms with Crippen molar-refractivity contribution in [1.82, 2.24) is 9.55 Å². The summed E-state index contributed by atoms with van der Waals surface area (Å²) in [4.78, 5) is 50.5. The second-order valence-electron chi connectivity index (χ2n) is 10.1. The first-order chi connectivity index (χ1) is 22.9. The van der Waals surface area contributed by atoms with Gasteiger partial charge in [0.2, 0.25) is 5.75 Å². The molecule has 2 aromatic rings. The molecule has 0 saturated carbocycles. The number of carbonyl (C=O) groups is 2. The molecular weight excluding hydrogens is 677 g/mol. The molecule has 1 aliphatic rings. The lowest BCUT2D eigenvalue weighted by Crippen LogP contribution is -2.33. The van der Waals surface area contributed by atoms with Gasteiger partial charge in [-0.2, -0.15) is 5.26 Å². The average molecular weight is 716 g/mol. The molecule has 1 saturated heterocycles. The Labute approximate surface area is 280 Å². The Kier molecular flexibility index (Phi) is 15.0. The number of benzene rings is 1. The van der Waals surface area contributed by atoms with E-state index in [2.05, 4.69) is 4.98 Å². The lowest BCUT2D eigenvalue weighted by Gasteiger charge is -2.24. The maximum atomic E-state index is 12.2. The molecule has 264 valence electrons. The largest absolute Gasteiger partial charge is 0.493 e. The third kappa shape index (κ3) is 11.1. The predicted octanol–water partition coefficient (Wildman–Crippen LogP) is 1.77. The van der Waals surface area contributed by atoms with Crippen molar-refractivity contribution in [2.24, 2.45) is 0 Å². The molecule has 0 amide bonds. The van der Waals surface area contributed by atoms with Gasteiger partial charge in [0, 0.05) is 18.2 Å². The number of carbonyl (C=O) groups excluding carboxylic acids is 2. The summed E-state index contributed by atoms with van der Waals surface area (Å²) in [7, 11) is 4.40. The number of hydrogen-bond acceptors (Lipinski definition) is 16. The number of aromatic amines is 1. The van der Waals surface area contributed by atoms with Crippen LogP contribution in [0.15, 0.2) is 27.9 Å². The van der Waals surface area contributed by atoms with E-state index in [0.717, 1.165) is 0 Å². The Bertz CT molecular complexity index is 1600. The molecule has 2 N–H and O–H groups in total. The van der Waals surface area contributed by atoms with Crippen LogP contribution in [-0.4, -0.2) is 86.6 Å². The number of esters is 2. The van der Waals surface area contributed by atoms with Crippen molar-refractivity contribution in [2.45, 2.75) is 57.6 Å². The first kappa shape index (κ1) is 38.6. The maximum Gasteiger partial charge on any atom is 0.330 e. The Balaban J connectivity index is 1.44. The van der Waals surface area contributed by atoms with Crippen LogP contribution in [0.1, 0.15) is 43.0 Å². The maximum absolute atomic E-state index is 12.2. The van der Waals surface area contributed by atoms with Gasteiger partial charge in [-0.1, -0.05) is 0 Å². The molecule has 2 heterocycles. The number of aliphatic hydroxyl groups excluding tert-OH is 1. The molecule has 48 heavy (non-hydrogen) atoms. The van der Waals surface area contributed by atoms with Crippen LogP contribution in [0.4, 0.5) is 0 Å². The lowest BCUT2D eigenvalue weighted by atomic mass is 10.2. The summed E-state index contributed by atoms with van der Waals surface area (Å²) in [6.07, 6.45) is -1.98. The highest BCUT2D eigenvalue weighted by Gasteiger charge is 2.37. The van der Waals surface area contributed by atoms with Crippen LogP contribution in [0, 0.1) is 18.3 Å². The fourth-order valence-corrected chi connectivity index (χ4v) is 6.15. The summed E-state index contributed by atoms with van der Waals surface area (Å²) in [5, 5.41) is 19.4. The van der Waals surface area contributed by atoms with Crippen molar-refractivity contribution in [1.29, 1.82) is 5.26 Å². The molecule has 1 aromatic heterocycles. The Hall–Kier alpha value is -3.82. The lowest BCUT2D eigenvalue weighted by molar-refractivity contribution is -0.151. The Morgan fingerprint density at radius 1 is 1.04 bits per heavy atom. The van der Waals surface area contributed by atoms with Gasteiger partial charge in [0.25, 0.3) is 5.56 Å². The summed E-state index contributed by atoms with van der Waals surface area (Å²) in [6, 6.07) is 5.18. The number of aromatic nitrogens is 2. The summed E-state index contributed by atoms with van der Waals surface area (Å²) >= 11 is 5.42. The predicted molar refractivity (Wildman–Crippen MR) is 169 cm³/mol. The Morgan fingerprint density at radius 3 is 2.31 bits per heavy atom. The summed E-state index contributed by atoms with van der Waals surface area (Å²) in [6.45, 7) is -2.94. The number of methoxy groups -OCH3 is 3. The van der Waals surface area contributed by atoms with E-state index in [0.29, 0.717) is 22.8 Å². The van der Waals surface area contributed by atoms with Crippen LogP contribution in [0.3, 0.4) is 0 Å². The monoisotopic (exact) mass is 715 g/mol. The number of hydrogen-bond donors (Lipinski definition) is 2.